The van der Waals surface area contributed by atoms with Crippen molar-refractivity contribution in [3.8, 4) is 5.88 Å². The molecule has 2 aromatic rings. The average Bonchev–Trinajstić information content (AvgIpc) is 3.01. The fourth-order valence-electron chi connectivity index (χ4n) is 1.91. The summed E-state index contributed by atoms with van der Waals surface area (Å²) in [6, 6.07) is 0. The van der Waals surface area contributed by atoms with Gasteiger partial charge in [0.05, 0.1) is 12.9 Å². The minimum atomic E-state index is 0.390. The van der Waals surface area contributed by atoms with Crippen molar-refractivity contribution in [3.05, 3.63) is 24.5 Å². The van der Waals surface area contributed by atoms with E-state index in [4.69, 9.17) is 15.2 Å². The van der Waals surface area contributed by atoms with Crippen molar-refractivity contribution in [2.75, 3.05) is 37.9 Å². The van der Waals surface area contributed by atoms with E-state index in [0.717, 1.165) is 19.5 Å². The van der Waals surface area contributed by atoms with Crippen LogP contribution in [0.4, 0.5) is 11.5 Å². The second kappa shape index (κ2) is 8.18. The number of imidazole rings is 1. The van der Waals surface area contributed by atoms with E-state index in [9.17, 15) is 0 Å². The van der Waals surface area contributed by atoms with Crippen LogP contribution >= 0.6 is 0 Å². The Morgan fingerprint density at radius 3 is 2.91 bits per heavy atom. The molecule has 0 spiro atoms. The number of aryl methyl sites for hydroxylation is 2. The largest absolute Gasteiger partial charge is 0.474 e. The topological polar surface area (TPSA) is 100 Å². The summed E-state index contributed by atoms with van der Waals surface area (Å²) in [5.74, 6) is 1.60. The maximum atomic E-state index is 6.04. The molecule has 8 heteroatoms. The van der Waals surface area contributed by atoms with Crippen LogP contribution in [0.15, 0.2) is 18.7 Å². The van der Waals surface area contributed by atoms with Gasteiger partial charge in [0.25, 0.3) is 0 Å². The first kappa shape index (κ1) is 16.0. The summed E-state index contributed by atoms with van der Waals surface area (Å²) in [4.78, 5) is 12.5. The van der Waals surface area contributed by atoms with E-state index in [2.05, 4.69) is 20.3 Å². The van der Waals surface area contributed by atoms with Crippen molar-refractivity contribution in [1.29, 1.82) is 0 Å². The van der Waals surface area contributed by atoms with Gasteiger partial charge >= 0.3 is 0 Å². The van der Waals surface area contributed by atoms with Gasteiger partial charge in [-0.2, -0.15) is 4.98 Å². The Bertz CT molecular complexity index is 573. The molecule has 0 fully saturated rings. The van der Waals surface area contributed by atoms with Gasteiger partial charge in [0.2, 0.25) is 5.88 Å². The van der Waals surface area contributed by atoms with Crippen molar-refractivity contribution in [2.24, 2.45) is 0 Å². The highest BCUT2D eigenvalue weighted by atomic mass is 16.5. The molecule has 2 heterocycles. The monoisotopic (exact) mass is 306 g/mol. The number of rotatable bonds is 9. The highest BCUT2D eigenvalue weighted by molar-refractivity contribution is 5.66. The summed E-state index contributed by atoms with van der Waals surface area (Å²) in [5, 5.41) is 3.23. The van der Waals surface area contributed by atoms with E-state index in [1.165, 1.54) is 0 Å². The summed E-state index contributed by atoms with van der Waals surface area (Å²) in [6.45, 7) is 4.32. The number of anilines is 2. The zero-order valence-electron chi connectivity index (χ0n) is 13.0. The molecule has 0 radical (unpaired) electrons. The predicted octanol–water partition coefficient (Wildman–Crippen LogP) is 1.09. The molecule has 0 amide bonds. The van der Waals surface area contributed by atoms with Crippen molar-refractivity contribution in [1.82, 2.24) is 19.5 Å². The van der Waals surface area contributed by atoms with Crippen LogP contribution in [0.5, 0.6) is 5.88 Å². The Morgan fingerprint density at radius 2 is 2.18 bits per heavy atom. The summed E-state index contributed by atoms with van der Waals surface area (Å²) < 4.78 is 12.5. The number of hydrogen-bond acceptors (Lipinski definition) is 7. The van der Waals surface area contributed by atoms with Crippen molar-refractivity contribution in [2.45, 2.75) is 19.9 Å². The molecule has 120 valence electrons. The zero-order valence-corrected chi connectivity index (χ0v) is 13.0. The molecule has 2 rings (SSSR count). The van der Waals surface area contributed by atoms with Crippen LogP contribution in [0.25, 0.3) is 0 Å². The highest BCUT2D eigenvalue weighted by Gasteiger charge is 2.11. The molecule has 0 aliphatic rings. The average molecular weight is 306 g/mol. The van der Waals surface area contributed by atoms with Crippen molar-refractivity contribution >= 4 is 11.5 Å². The van der Waals surface area contributed by atoms with Gasteiger partial charge in [-0.3, -0.25) is 0 Å². The first-order valence-electron chi connectivity index (χ1n) is 7.16. The number of nitrogens with one attached hydrogen (secondary N) is 1. The van der Waals surface area contributed by atoms with Gasteiger partial charge < -0.3 is 25.1 Å². The molecule has 8 nitrogen and oxygen atoms in total. The molecular weight excluding hydrogens is 284 g/mol. The number of ether oxygens (including phenoxy) is 2. The van der Waals surface area contributed by atoms with Crippen LogP contribution in [0.3, 0.4) is 0 Å². The maximum Gasteiger partial charge on any atom is 0.242 e. The van der Waals surface area contributed by atoms with Crippen LogP contribution < -0.4 is 15.8 Å². The predicted molar refractivity (Wildman–Crippen MR) is 83.9 cm³/mol. The third-order valence-corrected chi connectivity index (χ3v) is 2.99. The standard InChI is InChI=1S/C14H22N6O2/c1-11-18-13(12(15)14(19-11)22-9-8-21-2)17-4-3-6-20-7-5-16-10-20/h5,7,10H,3-4,6,8-9,15H2,1-2H3,(H,17,18,19). The molecule has 0 aliphatic carbocycles. The number of aromatic nitrogens is 4. The summed E-state index contributed by atoms with van der Waals surface area (Å²) in [7, 11) is 1.62. The minimum absolute atomic E-state index is 0.390. The molecular formula is C14H22N6O2. The molecule has 0 saturated carbocycles. The molecule has 22 heavy (non-hydrogen) atoms. The number of nitrogen functional groups attached to an aromatic ring is 1. The molecule has 0 unspecified atom stereocenters. The second-order valence-corrected chi connectivity index (χ2v) is 4.76. The number of methoxy groups -OCH3 is 1. The summed E-state index contributed by atoms with van der Waals surface area (Å²) in [6.07, 6.45) is 6.43. The van der Waals surface area contributed by atoms with E-state index >= 15 is 0 Å². The fourth-order valence-corrected chi connectivity index (χ4v) is 1.91. The molecule has 0 saturated heterocycles. The summed E-state index contributed by atoms with van der Waals surface area (Å²) in [5.41, 5.74) is 6.46. The lowest BCUT2D eigenvalue weighted by Crippen LogP contribution is -2.13. The van der Waals surface area contributed by atoms with E-state index in [0.29, 0.717) is 36.4 Å². The van der Waals surface area contributed by atoms with Gasteiger partial charge in [0.1, 0.15) is 18.1 Å². The van der Waals surface area contributed by atoms with Crippen LogP contribution in [0.1, 0.15) is 12.2 Å². The number of nitrogens with zero attached hydrogens (tertiary/aromatic N) is 4. The Kier molecular flexibility index (Phi) is 5.96. The van der Waals surface area contributed by atoms with Gasteiger partial charge in [0.15, 0.2) is 5.82 Å². The van der Waals surface area contributed by atoms with E-state index < -0.39 is 0 Å². The van der Waals surface area contributed by atoms with Gasteiger partial charge in [-0.15, -0.1) is 0 Å². The molecule has 0 aliphatic heterocycles. The van der Waals surface area contributed by atoms with Crippen molar-refractivity contribution in [3.63, 3.8) is 0 Å². The molecule has 0 aromatic carbocycles. The lowest BCUT2D eigenvalue weighted by molar-refractivity contribution is 0.144. The Morgan fingerprint density at radius 1 is 1.32 bits per heavy atom. The van der Waals surface area contributed by atoms with Crippen LogP contribution in [-0.4, -0.2) is 46.4 Å². The molecule has 0 bridgehead atoms. The molecule has 3 N–H and O–H groups in total. The second-order valence-electron chi connectivity index (χ2n) is 4.76. The normalized spacial score (nSPS) is 10.6. The third-order valence-electron chi connectivity index (χ3n) is 2.99. The van der Waals surface area contributed by atoms with Crippen LogP contribution in [0, 0.1) is 6.92 Å². The van der Waals surface area contributed by atoms with Crippen LogP contribution in [0.2, 0.25) is 0 Å². The molecule has 0 atom stereocenters. The fraction of sp³-hybridized carbons (Fsp3) is 0.500. The van der Waals surface area contributed by atoms with E-state index in [1.807, 2.05) is 10.8 Å². The number of hydrogen-bond donors (Lipinski definition) is 2. The zero-order chi connectivity index (χ0) is 15.8. The Labute approximate surface area is 129 Å². The van der Waals surface area contributed by atoms with Gasteiger partial charge in [-0.05, 0) is 13.3 Å². The van der Waals surface area contributed by atoms with E-state index in [-0.39, 0.29) is 0 Å². The number of nitrogens with two attached hydrogens (primary N) is 1. The van der Waals surface area contributed by atoms with E-state index in [1.54, 1.807) is 26.6 Å². The molecule has 2 aromatic heterocycles. The first-order chi connectivity index (χ1) is 10.7. The quantitative estimate of drug-likeness (QED) is 0.669. The SMILES string of the molecule is COCCOc1nc(C)nc(NCCCn2ccnc2)c1N. The smallest absolute Gasteiger partial charge is 0.242 e. The van der Waals surface area contributed by atoms with Gasteiger partial charge in [-0.25, -0.2) is 9.97 Å². The Balaban J connectivity index is 1.89. The van der Waals surface area contributed by atoms with Gasteiger partial charge in [-0.1, -0.05) is 0 Å². The minimum Gasteiger partial charge on any atom is -0.474 e. The first-order valence-corrected chi connectivity index (χ1v) is 7.16. The van der Waals surface area contributed by atoms with Crippen LogP contribution in [-0.2, 0) is 11.3 Å². The lowest BCUT2D eigenvalue weighted by atomic mass is 10.4. The Hall–Kier alpha value is -2.35. The lowest BCUT2D eigenvalue weighted by Gasteiger charge is -2.13. The summed E-state index contributed by atoms with van der Waals surface area (Å²) >= 11 is 0. The third kappa shape index (κ3) is 4.59. The maximum absolute atomic E-state index is 6.04. The van der Waals surface area contributed by atoms with Gasteiger partial charge in [0, 0.05) is 32.6 Å². The highest BCUT2D eigenvalue weighted by Crippen LogP contribution is 2.25. The van der Waals surface area contributed by atoms with Crippen molar-refractivity contribution < 1.29 is 9.47 Å².